The monoisotopic (exact) mass is 811 g/mol. The van der Waals surface area contributed by atoms with E-state index in [1.165, 1.54) is 48.3 Å². The van der Waals surface area contributed by atoms with Gasteiger partial charge in [-0.3, -0.25) is 24.7 Å². The van der Waals surface area contributed by atoms with Crippen LogP contribution in [0.5, 0.6) is 11.5 Å². The summed E-state index contributed by atoms with van der Waals surface area (Å²) < 4.78 is 9.55. The summed E-state index contributed by atoms with van der Waals surface area (Å²) >= 11 is 9.49. The van der Waals surface area contributed by atoms with Crippen molar-refractivity contribution in [2.24, 2.45) is 5.92 Å². The van der Waals surface area contributed by atoms with Gasteiger partial charge < -0.3 is 19.9 Å². The number of pyridine rings is 1. The second-order valence-corrected chi connectivity index (χ2v) is 17.5. The lowest BCUT2D eigenvalue weighted by Gasteiger charge is -2.41. The maximum absolute atomic E-state index is 13.9. The SMILES string of the molecule is CONc1cc(SNC(=O)c2ccc(N3CCC(CN4CCCCC4c4ccc(Cl)cc4)CC3)cc2Oc2cnc3[nH]ccc3c2)ccc1NC1CCSCC1. The topological polar surface area (TPSA) is 107 Å². The highest BCUT2D eigenvalue weighted by atomic mass is 35.5. The number of carbonyl (C=O) groups is 1. The summed E-state index contributed by atoms with van der Waals surface area (Å²) in [5.74, 6) is 3.78. The number of rotatable bonds is 13. The van der Waals surface area contributed by atoms with Crippen molar-refractivity contribution in [3.05, 3.63) is 101 Å². The molecule has 8 rings (SSSR count). The molecule has 56 heavy (non-hydrogen) atoms. The van der Waals surface area contributed by atoms with Crippen LogP contribution in [-0.2, 0) is 4.84 Å². The molecule has 5 heterocycles. The first-order valence-electron chi connectivity index (χ1n) is 19.7. The third kappa shape index (κ3) is 9.54. The fraction of sp³-hybridized carbons (Fsp3) is 0.395. The molecule has 10 nitrogen and oxygen atoms in total. The Morgan fingerprint density at radius 2 is 1.79 bits per heavy atom. The van der Waals surface area contributed by atoms with E-state index in [4.69, 9.17) is 21.2 Å². The second-order valence-electron chi connectivity index (χ2n) is 14.9. The normalized spacial score (nSPS) is 18.5. The number of aromatic nitrogens is 2. The predicted molar refractivity (Wildman–Crippen MR) is 232 cm³/mol. The van der Waals surface area contributed by atoms with Crippen molar-refractivity contribution in [3.8, 4) is 11.5 Å². The fourth-order valence-corrected chi connectivity index (χ4v) is 10.1. The number of ether oxygens (including phenoxy) is 1. The highest BCUT2D eigenvalue weighted by molar-refractivity contribution is 7.99. The number of aromatic amines is 1. The third-order valence-electron chi connectivity index (χ3n) is 11.2. The molecule has 3 aliphatic heterocycles. The van der Waals surface area contributed by atoms with E-state index >= 15 is 0 Å². The van der Waals surface area contributed by atoms with Gasteiger partial charge in [0.05, 0.1) is 30.2 Å². The van der Waals surface area contributed by atoms with E-state index < -0.39 is 0 Å². The van der Waals surface area contributed by atoms with Crippen LogP contribution in [0.3, 0.4) is 0 Å². The van der Waals surface area contributed by atoms with Gasteiger partial charge in [-0.15, -0.1) is 0 Å². The Balaban J connectivity index is 0.953. The van der Waals surface area contributed by atoms with Crippen LogP contribution in [0.25, 0.3) is 11.0 Å². The number of benzene rings is 3. The van der Waals surface area contributed by atoms with Crippen LogP contribution >= 0.6 is 35.3 Å². The number of H-pyrrole nitrogens is 1. The molecule has 5 aromatic rings. The van der Waals surface area contributed by atoms with Gasteiger partial charge in [-0.2, -0.15) is 11.8 Å². The van der Waals surface area contributed by atoms with Crippen LogP contribution in [0, 0.1) is 5.92 Å². The van der Waals surface area contributed by atoms with Crippen molar-refractivity contribution in [1.82, 2.24) is 19.6 Å². The van der Waals surface area contributed by atoms with E-state index in [0.717, 1.165) is 89.9 Å². The number of nitrogens with zero attached hydrogens (tertiary/aromatic N) is 3. The quantitative estimate of drug-likeness (QED) is 0.0678. The minimum Gasteiger partial charge on any atom is -0.455 e. The molecule has 3 saturated heterocycles. The molecule has 1 unspecified atom stereocenters. The van der Waals surface area contributed by atoms with Gasteiger partial charge >= 0.3 is 0 Å². The van der Waals surface area contributed by atoms with Gasteiger partial charge in [0, 0.05) is 65.0 Å². The maximum atomic E-state index is 13.9. The van der Waals surface area contributed by atoms with Crippen molar-refractivity contribution in [2.45, 2.75) is 61.9 Å². The summed E-state index contributed by atoms with van der Waals surface area (Å²) in [6.07, 6.45) is 11.8. The first-order valence-corrected chi connectivity index (χ1v) is 22.1. The van der Waals surface area contributed by atoms with Crippen molar-refractivity contribution < 1.29 is 14.4 Å². The Morgan fingerprint density at radius 1 is 0.946 bits per heavy atom. The molecular formula is C43H50ClN7O3S2. The van der Waals surface area contributed by atoms with Crippen LogP contribution in [-0.4, -0.2) is 71.6 Å². The van der Waals surface area contributed by atoms with Crippen molar-refractivity contribution in [3.63, 3.8) is 0 Å². The van der Waals surface area contributed by atoms with Crippen molar-refractivity contribution in [2.75, 3.05) is 60.5 Å². The molecule has 294 valence electrons. The Hall–Kier alpha value is -4.07. The van der Waals surface area contributed by atoms with Gasteiger partial charge in [-0.25, -0.2) is 4.98 Å². The molecule has 1 atom stereocenters. The summed E-state index contributed by atoms with van der Waals surface area (Å²) in [6, 6.07) is 25.2. The largest absolute Gasteiger partial charge is 0.455 e. The van der Waals surface area contributed by atoms with Gasteiger partial charge in [-0.05, 0) is 135 Å². The average Bonchev–Trinajstić information content (AvgIpc) is 3.70. The number of thioether (sulfide) groups is 1. The number of anilines is 3. The Kier molecular flexibility index (Phi) is 12.8. The zero-order valence-corrected chi connectivity index (χ0v) is 34.2. The van der Waals surface area contributed by atoms with Crippen molar-refractivity contribution >= 4 is 69.3 Å². The van der Waals surface area contributed by atoms with Crippen LogP contribution in [0.15, 0.2) is 90.1 Å². The van der Waals surface area contributed by atoms with E-state index in [9.17, 15) is 4.79 Å². The molecule has 0 radical (unpaired) electrons. The molecule has 1 amide bonds. The van der Waals surface area contributed by atoms with Gasteiger partial charge in [0.25, 0.3) is 5.91 Å². The smallest absolute Gasteiger partial charge is 0.265 e. The molecule has 4 N–H and O–H groups in total. The van der Waals surface area contributed by atoms with E-state index in [0.29, 0.717) is 35.1 Å². The number of piperidine rings is 2. The molecule has 0 bridgehead atoms. The third-order valence-corrected chi connectivity index (χ3v) is 13.3. The average molecular weight is 813 g/mol. The van der Waals surface area contributed by atoms with E-state index in [2.05, 4.69) is 47.4 Å². The van der Waals surface area contributed by atoms with E-state index in [1.807, 2.05) is 78.6 Å². The number of nitrogens with one attached hydrogen (secondary N) is 4. The molecule has 3 aromatic carbocycles. The van der Waals surface area contributed by atoms with Crippen LogP contribution < -0.4 is 25.2 Å². The summed E-state index contributed by atoms with van der Waals surface area (Å²) in [5, 5.41) is 5.40. The molecule has 0 spiro atoms. The zero-order chi connectivity index (χ0) is 38.3. The Morgan fingerprint density at radius 3 is 2.61 bits per heavy atom. The first-order chi connectivity index (χ1) is 27.5. The Bertz CT molecular complexity index is 2090. The highest BCUT2D eigenvalue weighted by Crippen LogP contribution is 2.37. The zero-order valence-electron chi connectivity index (χ0n) is 31.8. The van der Waals surface area contributed by atoms with Crippen LogP contribution in [0.4, 0.5) is 17.1 Å². The standard InChI is InChI=1S/C43H50ClN7O3S2/c1-53-48-39-26-36(10-12-38(39)47-33-16-22-55-23-17-33)56-49-43(52)37-11-9-34(25-41(37)54-35-24-31-13-18-45-42(31)46-27-35)50-20-14-29(15-21-50)28-51-19-3-2-4-40(51)30-5-7-32(44)8-6-30/h5-13,18,24-27,29,33,40,47-48H,2-4,14-17,19-23,28H2,1H3,(H,45,46)(H,49,52). The summed E-state index contributed by atoms with van der Waals surface area (Å²) in [5.41, 5.74) is 8.48. The summed E-state index contributed by atoms with van der Waals surface area (Å²) in [6.45, 7) is 4.16. The summed E-state index contributed by atoms with van der Waals surface area (Å²) in [7, 11) is 1.60. The van der Waals surface area contributed by atoms with Gasteiger partial charge in [0.15, 0.2) is 0 Å². The number of fused-ring (bicyclic) bond motifs is 1. The minimum absolute atomic E-state index is 0.245. The van der Waals surface area contributed by atoms with Gasteiger partial charge in [0.1, 0.15) is 17.1 Å². The molecule has 13 heteroatoms. The number of amides is 1. The van der Waals surface area contributed by atoms with Crippen molar-refractivity contribution in [1.29, 1.82) is 0 Å². The molecule has 0 saturated carbocycles. The fourth-order valence-electron chi connectivity index (χ4n) is 8.19. The molecule has 0 aliphatic carbocycles. The Labute approximate surface area is 342 Å². The predicted octanol–water partition coefficient (Wildman–Crippen LogP) is 10.2. The molecular weight excluding hydrogens is 762 g/mol. The number of halogens is 1. The lowest BCUT2D eigenvalue weighted by atomic mass is 9.91. The number of likely N-dealkylation sites (tertiary alicyclic amines) is 1. The van der Waals surface area contributed by atoms with E-state index in [-0.39, 0.29) is 5.91 Å². The number of hydrogen-bond acceptors (Lipinski definition) is 10. The first kappa shape index (κ1) is 38.8. The molecule has 2 aromatic heterocycles. The molecule has 3 aliphatic rings. The maximum Gasteiger partial charge on any atom is 0.265 e. The number of hydrogen-bond donors (Lipinski definition) is 4. The molecule has 3 fully saturated rings. The lowest BCUT2D eigenvalue weighted by molar-refractivity contribution is 0.0982. The second kappa shape index (κ2) is 18.5. The van der Waals surface area contributed by atoms with Crippen LogP contribution in [0.1, 0.15) is 66.9 Å². The minimum atomic E-state index is -0.245. The van der Waals surface area contributed by atoms with E-state index in [1.54, 1.807) is 13.3 Å². The van der Waals surface area contributed by atoms with Gasteiger partial charge in [-0.1, -0.05) is 30.2 Å². The highest BCUT2D eigenvalue weighted by Gasteiger charge is 2.29. The lowest BCUT2D eigenvalue weighted by Crippen LogP contribution is -2.41. The summed E-state index contributed by atoms with van der Waals surface area (Å²) in [4.78, 5) is 32.9. The van der Waals surface area contributed by atoms with Gasteiger partial charge in [0.2, 0.25) is 0 Å². The van der Waals surface area contributed by atoms with Crippen LogP contribution in [0.2, 0.25) is 5.02 Å². The number of carbonyl (C=O) groups excluding carboxylic acids is 1.